The molecule has 4 nitrogen and oxygen atoms in total. The normalized spacial score (nSPS) is 10.7. The molecule has 0 saturated heterocycles. The first-order chi connectivity index (χ1) is 9.61. The largest absolute Gasteiger partial charge is 0.493 e. The van der Waals surface area contributed by atoms with Gasteiger partial charge in [-0.05, 0) is 31.5 Å². The highest BCUT2D eigenvalue weighted by Crippen LogP contribution is 2.21. The van der Waals surface area contributed by atoms with E-state index >= 15 is 0 Å². The van der Waals surface area contributed by atoms with Crippen molar-refractivity contribution in [2.75, 3.05) is 6.61 Å². The highest BCUT2D eigenvalue weighted by Gasteiger charge is 2.09. The van der Waals surface area contributed by atoms with Gasteiger partial charge >= 0.3 is 5.63 Å². The Hall–Kier alpha value is -2.10. The Bertz CT molecular complexity index is 670. The van der Waals surface area contributed by atoms with Crippen LogP contribution in [0.1, 0.15) is 43.5 Å². The lowest BCUT2D eigenvalue weighted by molar-refractivity contribution is 0.101. The third-order valence-corrected chi connectivity index (χ3v) is 3.10. The maximum atomic E-state index is 11.7. The van der Waals surface area contributed by atoms with E-state index in [-0.39, 0.29) is 11.3 Å². The van der Waals surface area contributed by atoms with Gasteiger partial charge in [-0.1, -0.05) is 19.8 Å². The lowest BCUT2D eigenvalue weighted by atomic mass is 10.1. The predicted molar refractivity (Wildman–Crippen MR) is 77.5 cm³/mol. The molecule has 4 heteroatoms. The van der Waals surface area contributed by atoms with Gasteiger partial charge in [0.25, 0.3) is 0 Å². The van der Waals surface area contributed by atoms with E-state index in [1.807, 2.05) is 6.07 Å². The number of ether oxygens (including phenoxy) is 1. The average molecular weight is 274 g/mol. The SMILES string of the molecule is CCCCCOc1ccc2cc(C(C)=O)c(=O)oc2c1. The van der Waals surface area contributed by atoms with Crippen LogP contribution >= 0.6 is 0 Å². The molecule has 106 valence electrons. The van der Waals surface area contributed by atoms with Crippen molar-refractivity contribution >= 4 is 16.8 Å². The van der Waals surface area contributed by atoms with Crippen LogP contribution in [-0.4, -0.2) is 12.4 Å². The molecule has 0 unspecified atom stereocenters. The second-order valence-electron chi connectivity index (χ2n) is 4.76. The lowest BCUT2D eigenvalue weighted by Gasteiger charge is -2.06. The van der Waals surface area contributed by atoms with E-state index in [9.17, 15) is 9.59 Å². The molecular weight excluding hydrogens is 256 g/mol. The van der Waals surface area contributed by atoms with E-state index in [0.717, 1.165) is 24.6 Å². The summed E-state index contributed by atoms with van der Waals surface area (Å²) in [6.45, 7) is 4.13. The van der Waals surface area contributed by atoms with Crippen LogP contribution in [0.5, 0.6) is 5.75 Å². The van der Waals surface area contributed by atoms with Crippen LogP contribution in [0.25, 0.3) is 11.0 Å². The van der Waals surface area contributed by atoms with Crippen molar-refractivity contribution in [3.8, 4) is 5.75 Å². The third-order valence-electron chi connectivity index (χ3n) is 3.10. The van der Waals surface area contributed by atoms with Crippen molar-refractivity contribution in [2.24, 2.45) is 0 Å². The predicted octanol–water partition coefficient (Wildman–Crippen LogP) is 3.56. The average Bonchev–Trinajstić information content (AvgIpc) is 2.42. The first-order valence-corrected chi connectivity index (χ1v) is 6.83. The van der Waals surface area contributed by atoms with E-state index in [2.05, 4.69) is 6.92 Å². The fourth-order valence-electron chi connectivity index (χ4n) is 1.97. The van der Waals surface area contributed by atoms with Gasteiger partial charge in [0.1, 0.15) is 16.9 Å². The minimum atomic E-state index is -0.604. The van der Waals surface area contributed by atoms with E-state index in [0.29, 0.717) is 17.9 Å². The molecule has 0 aliphatic rings. The van der Waals surface area contributed by atoms with Gasteiger partial charge in [0.2, 0.25) is 0 Å². The molecule has 0 fully saturated rings. The van der Waals surface area contributed by atoms with Gasteiger partial charge in [0.15, 0.2) is 5.78 Å². The second kappa shape index (κ2) is 6.37. The fourth-order valence-corrected chi connectivity index (χ4v) is 1.97. The summed E-state index contributed by atoms with van der Waals surface area (Å²) < 4.78 is 10.8. The molecule has 0 aliphatic heterocycles. The minimum Gasteiger partial charge on any atom is -0.493 e. The van der Waals surface area contributed by atoms with Crippen LogP contribution in [0.2, 0.25) is 0 Å². The number of unbranched alkanes of at least 4 members (excludes halogenated alkanes) is 2. The zero-order valence-corrected chi connectivity index (χ0v) is 11.8. The molecule has 2 rings (SSSR count). The number of hydrogen-bond acceptors (Lipinski definition) is 4. The number of carbonyl (C=O) groups is 1. The van der Waals surface area contributed by atoms with Gasteiger partial charge in [0, 0.05) is 11.5 Å². The topological polar surface area (TPSA) is 56.5 Å². The Labute approximate surface area is 117 Å². The van der Waals surface area contributed by atoms with Gasteiger partial charge < -0.3 is 9.15 Å². The van der Waals surface area contributed by atoms with E-state index in [1.54, 1.807) is 18.2 Å². The minimum absolute atomic E-state index is 0.0779. The Kier molecular flexibility index (Phi) is 4.56. The number of Topliss-reactive ketones (excluding diaryl/α,β-unsaturated/α-hetero) is 1. The van der Waals surface area contributed by atoms with Crippen LogP contribution in [0.15, 0.2) is 33.5 Å². The summed E-state index contributed by atoms with van der Waals surface area (Å²) in [6, 6.07) is 6.86. The summed E-state index contributed by atoms with van der Waals surface area (Å²) in [7, 11) is 0. The molecule has 2 aromatic rings. The van der Waals surface area contributed by atoms with Gasteiger partial charge in [-0.15, -0.1) is 0 Å². The molecule has 0 atom stereocenters. The van der Waals surface area contributed by atoms with Crippen LogP contribution < -0.4 is 10.4 Å². The molecule has 1 aromatic carbocycles. The summed E-state index contributed by atoms with van der Waals surface area (Å²) in [5.74, 6) is 0.382. The Morgan fingerprint density at radius 1 is 1.25 bits per heavy atom. The standard InChI is InChI=1S/C16H18O4/c1-3-4-5-8-19-13-7-6-12-9-14(11(2)17)16(18)20-15(12)10-13/h6-7,9-10H,3-5,8H2,1-2H3. The molecule has 20 heavy (non-hydrogen) atoms. The van der Waals surface area contributed by atoms with E-state index < -0.39 is 5.63 Å². The van der Waals surface area contributed by atoms with Crippen molar-refractivity contribution in [3.63, 3.8) is 0 Å². The van der Waals surface area contributed by atoms with Crippen molar-refractivity contribution in [1.82, 2.24) is 0 Å². The van der Waals surface area contributed by atoms with E-state index in [4.69, 9.17) is 9.15 Å². The van der Waals surface area contributed by atoms with Crippen LogP contribution in [-0.2, 0) is 0 Å². The maximum Gasteiger partial charge on any atom is 0.347 e. The van der Waals surface area contributed by atoms with Gasteiger partial charge in [-0.2, -0.15) is 0 Å². The smallest absolute Gasteiger partial charge is 0.347 e. The van der Waals surface area contributed by atoms with Gasteiger partial charge in [-0.25, -0.2) is 4.79 Å². The van der Waals surface area contributed by atoms with Crippen molar-refractivity contribution < 1.29 is 13.9 Å². The number of carbonyl (C=O) groups excluding carboxylic acids is 1. The van der Waals surface area contributed by atoms with E-state index in [1.165, 1.54) is 6.92 Å². The van der Waals surface area contributed by atoms with Crippen LogP contribution in [0.3, 0.4) is 0 Å². The quantitative estimate of drug-likeness (QED) is 0.459. The molecule has 0 aliphatic carbocycles. The Morgan fingerprint density at radius 2 is 2.05 bits per heavy atom. The summed E-state index contributed by atoms with van der Waals surface area (Å²) in [5.41, 5.74) is -0.0877. The first-order valence-electron chi connectivity index (χ1n) is 6.83. The number of ketones is 1. The number of hydrogen-bond donors (Lipinski definition) is 0. The Balaban J connectivity index is 2.24. The van der Waals surface area contributed by atoms with Crippen molar-refractivity contribution in [1.29, 1.82) is 0 Å². The Morgan fingerprint density at radius 3 is 2.75 bits per heavy atom. The fraction of sp³-hybridized carbons (Fsp3) is 0.375. The molecule has 0 spiro atoms. The highest BCUT2D eigenvalue weighted by atomic mass is 16.5. The summed E-state index contributed by atoms with van der Waals surface area (Å²) in [5, 5.41) is 0.718. The van der Waals surface area contributed by atoms with Crippen molar-refractivity contribution in [3.05, 3.63) is 40.2 Å². The molecule has 0 bridgehead atoms. The molecular formula is C16H18O4. The summed E-state index contributed by atoms with van der Waals surface area (Å²) >= 11 is 0. The molecule has 0 saturated carbocycles. The van der Waals surface area contributed by atoms with Gasteiger partial charge in [0.05, 0.1) is 6.61 Å². The molecule has 1 aromatic heterocycles. The molecule has 0 N–H and O–H groups in total. The monoisotopic (exact) mass is 274 g/mol. The maximum absolute atomic E-state index is 11.7. The zero-order valence-electron chi connectivity index (χ0n) is 11.8. The molecule has 1 heterocycles. The van der Waals surface area contributed by atoms with Crippen molar-refractivity contribution in [2.45, 2.75) is 33.1 Å². The third kappa shape index (κ3) is 3.26. The molecule has 0 radical (unpaired) electrons. The van der Waals surface area contributed by atoms with Crippen LogP contribution in [0.4, 0.5) is 0 Å². The van der Waals surface area contributed by atoms with Crippen LogP contribution in [0, 0.1) is 0 Å². The number of rotatable bonds is 6. The summed E-state index contributed by atoms with van der Waals surface area (Å²) in [4.78, 5) is 23.0. The molecule has 0 amide bonds. The lowest BCUT2D eigenvalue weighted by Crippen LogP contribution is -2.11. The zero-order chi connectivity index (χ0) is 14.5. The second-order valence-corrected chi connectivity index (χ2v) is 4.76. The van der Waals surface area contributed by atoms with Gasteiger partial charge in [-0.3, -0.25) is 4.79 Å². The number of fused-ring (bicyclic) bond motifs is 1. The highest BCUT2D eigenvalue weighted by molar-refractivity contribution is 5.96. The first kappa shape index (κ1) is 14.3. The summed E-state index contributed by atoms with van der Waals surface area (Å²) in [6.07, 6.45) is 3.27. The number of benzene rings is 1.